The Balaban J connectivity index is 2.37. The first-order valence-electron chi connectivity index (χ1n) is 5.38. The Kier molecular flexibility index (Phi) is 3.98. The number of hydrogen-bond donors (Lipinski definition) is 3. The van der Waals surface area contributed by atoms with Crippen molar-refractivity contribution in [1.29, 1.82) is 0 Å². The number of nitro groups is 1. The van der Waals surface area contributed by atoms with Gasteiger partial charge in [0.15, 0.2) is 0 Å². The first-order valence-corrected chi connectivity index (χ1v) is 6.17. The van der Waals surface area contributed by atoms with Gasteiger partial charge < -0.3 is 10.7 Å². The number of halogens is 1. The zero-order valence-corrected chi connectivity index (χ0v) is 11.3. The Morgan fingerprint density at radius 3 is 2.47 bits per heavy atom. The summed E-state index contributed by atoms with van der Waals surface area (Å²) < 4.78 is 0.865. The molecule has 0 aromatic heterocycles. The maximum atomic E-state index is 10.8. The smallest absolute Gasteiger partial charge is 0.273 e. The number of hydrazine groups is 1. The Labute approximate surface area is 117 Å². The van der Waals surface area contributed by atoms with Crippen LogP contribution in [0.15, 0.2) is 46.9 Å². The minimum absolute atomic E-state index is 0.0370. The largest absolute Gasteiger partial charge is 0.354 e. The zero-order chi connectivity index (χ0) is 13.8. The molecule has 0 atom stereocenters. The highest BCUT2D eigenvalue weighted by Crippen LogP contribution is 2.29. The fourth-order valence-electron chi connectivity index (χ4n) is 1.59. The van der Waals surface area contributed by atoms with Crippen molar-refractivity contribution in [3.05, 3.63) is 57.1 Å². The number of hydrogen-bond acceptors (Lipinski definition) is 5. The SMILES string of the molecule is NNc1cc(Nc2ccccc2Br)cc([N+](=O)[O-])c1. The van der Waals surface area contributed by atoms with Crippen LogP contribution in [-0.4, -0.2) is 4.92 Å². The maximum absolute atomic E-state index is 10.8. The molecule has 0 amide bonds. The topological polar surface area (TPSA) is 93.2 Å². The van der Waals surface area contributed by atoms with Crippen LogP contribution < -0.4 is 16.6 Å². The molecule has 19 heavy (non-hydrogen) atoms. The molecule has 0 spiro atoms. The van der Waals surface area contributed by atoms with Gasteiger partial charge in [0.2, 0.25) is 0 Å². The number of nitrogen functional groups attached to an aromatic ring is 1. The molecule has 0 saturated carbocycles. The Bertz CT molecular complexity index is 618. The standard InChI is InChI=1S/C12H11BrN4O2/c13-11-3-1-2-4-12(11)15-8-5-9(16-14)7-10(6-8)17(18)19/h1-7,15-16H,14H2. The molecule has 7 heteroatoms. The number of anilines is 3. The second-order valence-electron chi connectivity index (χ2n) is 3.77. The van der Waals surface area contributed by atoms with Gasteiger partial charge in [-0.1, -0.05) is 12.1 Å². The predicted molar refractivity (Wildman–Crippen MR) is 78.3 cm³/mol. The molecule has 0 unspecified atom stereocenters. The van der Waals surface area contributed by atoms with Crippen molar-refractivity contribution in [3.8, 4) is 0 Å². The minimum atomic E-state index is -0.466. The third-order valence-electron chi connectivity index (χ3n) is 2.45. The van der Waals surface area contributed by atoms with Crippen molar-refractivity contribution in [2.75, 3.05) is 10.7 Å². The Hall–Kier alpha value is -2.12. The van der Waals surface area contributed by atoms with Crippen molar-refractivity contribution in [2.45, 2.75) is 0 Å². The van der Waals surface area contributed by atoms with Crippen molar-refractivity contribution in [2.24, 2.45) is 5.84 Å². The van der Waals surface area contributed by atoms with Crippen LogP contribution in [0.25, 0.3) is 0 Å². The quantitative estimate of drug-likeness (QED) is 0.455. The van der Waals surface area contributed by atoms with E-state index < -0.39 is 4.92 Å². The van der Waals surface area contributed by atoms with Crippen LogP contribution in [-0.2, 0) is 0 Å². The van der Waals surface area contributed by atoms with Gasteiger partial charge in [0.25, 0.3) is 5.69 Å². The van der Waals surface area contributed by atoms with Gasteiger partial charge in [-0.2, -0.15) is 0 Å². The van der Waals surface area contributed by atoms with Crippen LogP contribution in [0.2, 0.25) is 0 Å². The van der Waals surface area contributed by atoms with E-state index in [0.29, 0.717) is 11.4 Å². The average Bonchev–Trinajstić information content (AvgIpc) is 2.41. The average molecular weight is 323 g/mol. The van der Waals surface area contributed by atoms with Gasteiger partial charge in [-0.15, -0.1) is 0 Å². The number of nitro benzene ring substituents is 1. The van der Waals surface area contributed by atoms with Gasteiger partial charge in [0.05, 0.1) is 16.3 Å². The highest BCUT2D eigenvalue weighted by molar-refractivity contribution is 9.10. The normalized spacial score (nSPS) is 10.0. The fraction of sp³-hybridized carbons (Fsp3) is 0. The lowest BCUT2D eigenvalue weighted by Gasteiger charge is -2.10. The molecule has 98 valence electrons. The van der Waals surface area contributed by atoms with Crippen LogP contribution >= 0.6 is 15.9 Å². The number of nitrogens with one attached hydrogen (secondary N) is 2. The van der Waals surface area contributed by atoms with E-state index in [4.69, 9.17) is 5.84 Å². The molecule has 2 aromatic carbocycles. The molecular formula is C12H11BrN4O2. The van der Waals surface area contributed by atoms with Gasteiger partial charge in [0.1, 0.15) is 0 Å². The molecule has 2 aromatic rings. The van der Waals surface area contributed by atoms with Crippen molar-refractivity contribution >= 4 is 38.7 Å². The van der Waals surface area contributed by atoms with E-state index in [1.54, 1.807) is 6.07 Å². The number of para-hydroxylation sites is 1. The summed E-state index contributed by atoms with van der Waals surface area (Å²) >= 11 is 3.40. The van der Waals surface area contributed by atoms with E-state index in [2.05, 4.69) is 26.7 Å². The first-order chi connectivity index (χ1) is 9.10. The minimum Gasteiger partial charge on any atom is -0.354 e. The molecule has 0 aliphatic rings. The number of non-ortho nitro benzene ring substituents is 1. The summed E-state index contributed by atoms with van der Waals surface area (Å²) in [7, 11) is 0. The van der Waals surface area contributed by atoms with Crippen molar-refractivity contribution < 1.29 is 4.92 Å². The summed E-state index contributed by atoms with van der Waals surface area (Å²) in [5.74, 6) is 5.30. The third-order valence-corrected chi connectivity index (χ3v) is 3.14. The molecule has 6 nitrogen and oxygen atoms in total. The highest BCUT2D eigenvalue weighted by Gasteiger charge is 2.10. The molecule has 0 saturated heterocycles. The van der Waals surface area contributed by atoms with E-state index in [1.165, 1.54) is 12.1 Å². The van der Waals surface area contributed by atoms with Gasteiger partial charge in [-0.05, 0) is 34.1 Å². The summed E-state index contributed by atoms with van der Waals surface area (Å²) in [5.41, 5.74) is 4.22. The molecule has 0 fully saturated rings. The molecule has 4 N–H and O–H groups in total. The number of rotatable bonds is 4. The van der Waals surface area contributed by atoms with E-state index >= 15 is 0 Å². The summed E-state index contributed by atoms with van der Waals surface area (Å²) in [6.07, 6.45) is 0. The van der Waals surface area contributed by atoms with Crippen molar-refractivity contribution in [3.63, 3.8) is 0 Å². The first kappa shape index (κ1) is 13.3. The molecule has 2 rings (SSSR count). The lowest BCUT2D eigenvalue weighted by molar-refractivity contribution is -0.384. The summed E-state index contributed by atoms with van der Waals surface area (Å²) in [6.45, 7) is 0. The Morgan fingerprint density at radius 1 is 1.16 bits per heavy atom. The lowest BCUT2D eigenvalue weighted by atomic mass is 10.2. The van der Waals surface area contributed by atoms with E-state index in [0.717, 1.165) is 10.2 Å². The number of nitrogens with zero attached hydrogens (tertiary/aromatic N) is 1. The molecule has 0 aliphatic carbocycles. The maximum Gasteiger partial charge on any atom is 0.273 e. The molecule has 0 heterocycles. The van der Waals surface area contributed by atoms with Crippen molar-refractivity contribution in [1.82, 2.24) is 0 Å². The Morgan fingerprint density at radius 2 is 1.84 bits per heavy atom. The van der Waals surface area contributed by atoms with Gasteiger partial charge in [0, 0.05) is 22.3 Å². The second-order valence-corrected chi connectivity index (χ2v) is 4.63. The van der Waals surface area contributed by atoms with Crippen LogP contribution in [0, 0.1) is 10.1 Å². The third kappa shape index (κ3) is 3.21. The number of benzene rings is 2. The van der Waals surface area contributed by atoms with Gasteiger partial charge in [-0.25, -0.2) is 0 Å². The summed E-state index contributed by atoms with van der Waals surface area (Å²) in [6, 6.07) is 12.0. The van der Waals surface area contributed by atoms with E-state index in [-0.39, 0.29) is 5.69 Å². The van der Waals surface area contributed by atoms with Gasteiger partial charge in [-0.3, -0.25) is 16.0 Å². The fourth-order valence-corrected chi connectivity index (χ4v) is 1.97. The molecule has 0 aliphatic heterocycles. The molecule has 0 bridgehead atoms. The monoisotopic (exact) mass is 322 g/mol. The number of nitrogens with two attached hydrogens (primary N) is 1. The lowest BCUT2D eigenvalue weighted by Crippen LogP contribution is -2.07. The van der Waals surface area contributed by atoms with Crippen LogP contribution in [0.4, 0.5) is 22.7 Å². The highest BCUT2D eigenvalue weighted by atomic mass is 79.9. The zero-order valence-electron chi connectivity index (χ0n) is 9.76. The van der Waals surface area contributed by atoms with E-state index in [1.807, 2.05) is 24.3 Å². The summed E-state index contributed by atoms with van der Waals surface area (Å²) in [4.78, 5) is 10.4. The van der Waals surface area contributed by atoms with Crippen LogP contribution in [0.3, 0.4) is 0 Å². The molecule has 0 radical (unpaired) electrons. The van der Waals surface area contributed by atoms with E-state index in [9.17, 15) is 10.1 Å². The molecular weight excluding hydrogens is 312 g/mol. The predicted octanol–water partition coefficient (Wildman–Crippen LogP) is 3.39. The summed E-state index contributed by atoms with van der Waals surface area (Å²) in [5, 5.41) is 13.9. The van der Waals surface area contributed by atoms with Crippen LogP contribution in [0.1, 0.15) is 0 Å². The second kappa shape index (κ2) is 5.68. The van der Waals surface area contributed by atoms with Gasteiger partial charge >= 0.3 is 0 Å². The van der Waals surface area contributed by atoms with Crippen LogP contribution in [0.5, 0.6) is 0 Å².